The summed E-state index contributed by atoms with van der Waals surface area (Å²) < 4.78 is 18.4. The van der Waals surface area contributed by atoms with E-state index in [1.165, 1.54) is 6.07 Å². The molecule has 104 valence electrons. The van der Waals surface area contributed by atoms with Crippen LogP contribution in [0, 0.1) is 15.9 Å². The molecule has 4 nitrogen and oxygen atoms in total. The van der Waals surface area contributed by atoms with Crippen molar-refractivity contribution in [2.24, 2.45) is 0 Å². The molecule has 2 aromatic rings. The fraction of sp³-hybridized carbons (Fsp3) is 0.0769. The first kappa shape index (κ1) is 14.7. The number of alkyl halides is 1. The molecule has 0 atom stereocenters. The van der Waals surface area contributed by atoms with Crippen molar-refractivity contribution < 1.29 is 14.1 Å². The van der Waals surface area contributed by atoms with Crippen LogP contribution < -0.4 is 4.74 Å². The van der Waals surface area contributed by atoms with Gasteiger partial charge in [-0.25, -0.2) is 4.39 Å². The number of hydrogen-bond acceptors (Lipinski definition) is 3. The van der Waals surface area contributed by atoms with Crippen LogP contribution in [0.15, 0.2) is 36.4 Å². The summed E-state index contributed by atoms with van der Waals surface area (Å²) in [6.07, 6.45) is 0. The zero-order chi connectivity index (χ0) is 14.7. The smallest absolute Gasteiger partial charge is 0.314 e. The van der Waals surface area contributed by atoms with Crippen LogP contribution in [0.3, 0.4) is 0 Å². The molecule has 0 aromatic heterocycles. The van der Waals surface area contributed by atoms with E-state index < -0.39 is 16.4 Å². The molecule has 0 amide bonds. The summed E-state index contributed by atoms with van der Waals surface area (Å²) in [6.45, 7) is 0. The first-order valence-corrected chi connectivity index (χ1v) is 6.97. The van der Waals surface area contributed by atoms with Crippen molar-refractivity contribution in [3.63, 3.8) is 0 Å². The average Bonchev–Trinajstić information content (AvgIpc) is 2.41. The third-order valence-electron chi connectivity index (χ3n) is 2.51. The molecular formula is C13H8BrClFNO3. The van der Waals surface area contributed by atoms with Crippen LogP contribution in [0.25, 0.3) is 0 Å². The summed E-state index contributed by atoms with van der Waals surface area (Å²) in [6, 6.07) is 8.03. The second kappa shape index (κ2) is 6.19. The Morgan fingerprint density at radius 3 is 2.65 bits per heavy atom. The maximum atomic E-state index is 13.0. The standard InChI is InChI=1S/C13H8BrClFNO3/c14-7-8-1-3-10(6-11(8)15)20-13-4-2-9(16)5-12(13)17(18)19/h1-6H,7H2. The van der Waals surface area contributed by atoms with Crippen molar-refractivity contribution in [2.75, 3.05) is 0 Å². The molecule has 0 saturated heterocycles. The second-order valence-corrected chi connectivity index (χ2v) is 4.83. The number of ether oxygens (including phenoxy) is 1. The molecule has 0 fully saturated rings. The lowest BCUT2D eigenvalue weighted by molar-refractivity contribution is -0.385. The maximum absolute atomic E-state index is 13.0. The van der Waals surface area contributed by atoms with Crippen LogP contribution in [-0.4, -0.2) is 4.92 Å². The fourth-order valence-electron chi connectivity index (χ4n) is 1.55. The number of nitrogens with zero attached hydrogens (tertiary/aromatic N) is 1. The predicted molar refractivity (Wildman–Crippen MR) is 77.2 cm³/mol. The molecule has 2 rings (SSSR count). The molecule has 0 aliphatic heterocycles. The van der Waals surface area contributed by atoms with E-state index in [0.29, 0.717) is 16.1 Å². The Kier molecular flexibility index (Phi) is 4.57. The maximum Gasteiger partial charge on any atom is 0.314 e. The number of rotatable bonds is 4. The quantitative estimate of drug-likeness (QED) is 0.434. The van der Waals surface area contributed by atoms with Gasteiger partial charge in [0.25, 0.3) is 0 Å². The van der Waals surface area contributed by atoms with Gasteiger partial charge < -0.3 is 4.74 Å². The van der Waals surface area contributed by atoms with Gasteiger partial charge in [0, 0.05) is 10.4 Å². The fourth-order valence-corrected chi connectivity index (χ4v) is 2.43. The van der Waals surface area contributed by atoms with E-state index in [4.69, 9.17) is 16.3 Å². The third-order valence-corrected chi connectivity index (χ3v) is 3.47. The Bertz CT molecular complexity index is 666. The van der Waals surface area contributed by atoms with E-state index in [1.807, 2.05) is 0 Å². The van der Waals surface area contributed by atoms with E-state index in [1.54, 1.807) is 18.2 Å². The van der Waals surface area contributed by atoms with Crippen molar-refractivity contribution >= 4 is 33.2 Å². The highest BCUT2D eigenvalue weighted by Gasteiger charge is 2.17. The molecule has 0 spiro atoms. The van der Waals surface area contributed by atoms with Crippen LogP contribution >= 0.6 is 27.5 Å². The predicted octanol–water partition coefficient (Wildman–Crippen LogP) is 5.07. The first-order valence-electron chi connectivity index (χ1n) is 5.47. The highest BCUT2D eigenvalue weighted by Crippen LogP contribution is 2.33. The van der Waals surface area contributed by atoms with E-state index in [2.05, 4.69) is 15.9 Å². The molecular weight excluding hydrogens is 353 g/mol. The van der Waals surface area contributed by atoms with Crippen molar-refractivity contribution in [3.05, 3.63) is 62.9 Å². The van der Waals surface area contributed by atoms with Gasteiger partial charge in [-0.05, 0) is 29.8 Å². The minimum absolute atomic E-state index is 0.0425. The largest absolute Gasteiger partial charge is 0.450 e. The molecule has 0 unspecified atom stereocenters. The number of hydrogen-bond donors (Lipinski definition) is 0. The van der Waals surface area contributed by atoms with Gasteiger partial charge in [0.05, 0.1) is 11.0 Å². The molecule has 0 saturated carbocycles. The monoisotopic (exact) mass is 359 g/mol. The molecule has 0 radical (unpaired) electrons. The first-order chi connectivity index (χ1) is 9.51. The topological polar surface area (TPSA) is 52.4 Å². The van der Waals surface area contributed by atoms with Crippen LogP contribution in [0.2, 0.25) is 5.02 Å². The zero-order valence-electron chi connectivity index (χ0n) is 9.98. The van der Waals surface area contributed by atoms with E-state index in [0.717, 1.165) is 17.7 Å². The SMILES string of the molecule is O=[N+]([O-])c1cc(F)ccc1Oc1ccc(CBr)c(Cl)c1. The highest BCUT2D eigenvalue weighted by atomic mass is 79.9. The minimum Gasteiger partial charge on any atom is -0.450 e. The van der Waals surface area contributed by atoms with Gasteiger partial charge in [0.15, 0.2) is 0 Å². The van der Waals surface area contributed by atoms with Gasteiger partial charge >= 0.3 is 5.69 Å². The zero-order valence-corrected chi connectivity index (χ0v) is 12.3. The highest BCUT2D eigenvalue weighted by molar-refractivity contribution is 9.08. The summed E-state index contributed by atoms with van der Waals surface area (Å²) in [5, 5.41) is 11.9. The normalized spacial score (nSPS) is 10.3. The summed E-state index contributed by atoms with van der Waals surface area (Å²) in [5.41, 5.74) is 0.429. The number of nitro groups is 1. The Morgan fingerprint density at radius 1 is 1.30 bits per heavy atom. The summed E-state index contributed by atoms with van der Waals surface area (Å²) in [4.78, 5) is 10.2. The lowest BCUT2D eigenvalue weighted by Crippen LogP contribution is -1.94. The van der Waals surface area contributed by atoms with Gasteiger partial charge in [-0.1, -0.05) is 33.6 Å². The minimum atomic E-state index is -0.702. The molecule has 0 heterocycles. The van der Waals surface area contributed by atoms with Crippen molar-refractivity contribution in [1.82, 2.24) is 0 Å². The number of nitro benzene ring substituents is 1. The second-order valence-electron chi connectivity index (χ2n) is 3.86. The van der Waals surface area contributed by atoms with Gasteiger partial charge in [-0.15, -0.1) is 0 Å². The van der Waals surface area contributed by atoms with Crippen LogP contribution in [0.4, 0.5) is 10.1 Å². The lowest BCUT2D eigenvalue weighted by Gasteiger charge is -2.08. The third kappa shape index (κ3) is 3.26. The van der Waals surface area contributed by atoms with Crippen molar-refractivity contribution in [3.8, 4) is 11.5 Å². The Balaban J connectivity index is 2.35. The van der Waals surface area contributed by atoms with E-state index >= 15 is 0 Å². The summed E-state index contributed by atoms with van der Waals surface area (Å²) in [7, 11) is 0. The van der Waals surface area contributed by atoms with Crippen molar-refractivity contribution in [1.29, 1.82) is 0 Å². The molecule has 7 heteroatoms. The van der Waals surface area contributed by atoms with Gasteiger partial charge in [-0.2, -0.15) is 0 Å². The summed E-state index contributed by atoms with van der Waals surface area (Å²) >= 11 is 9.30. The van der Waals surface area contributed by atoms with Gasteiger partial charge in [0.1, 0.15) is 11.6 Å². The van der Waals surface area contributed by atoms with Crippen LogP contribution in [0.1, 0.15) is 5.56 Å². The number of benzene rings is 2. The van der Waals surface area contributed by atoms with Crippen LogP contribution in [-0.2, 0) is 5.33 Å². The Labute approximate surface area is 127 Å². The van der Waals surface area contributed by atoms with Crippen molar-refractivity contribution in [2.45, 2.75) is 5.33 Å². The molecule has 0 bridgehead atoms. The molecule has 2 aromatic carbocycles. The lowest BCUT2D eigenvalue weighted by atomic mass is 10.2. The van der Waals surface area contributed by atoms with Gasteiger partial charge in [-0.3, -0.25) is 10.1 Å². The van der Waals surface area contributed by atoms with Crippen LogP contribution in [0.5, 0.6) is 11.5 Å². The molecule has 0 aliphatic carbocycles. The number of halogens is 3. The average molecular weight is 361 g/mol. The molecule has 0 aliphatic rings. The Morgan fingerprint density at radius 2 is 2.05 bits per heavy atom. The van der Waals surface area contributed by atoms with E-state index in [-0.39, 0.29) is 5.75 Å². The van der Waals surface area contributed by atoms with Gasteiger partial charge in [0.2, 0.25) is 5.75 Å². The molecule has 0 N–H and O–H groups in total. The Hall–Kier alpha value is -1.66. The summed E-state index contributed by atoms with van der Waals surface area (Å²) in [5.74, 6) is -0.398. The molecule has 20 heavy (non-hydrogen) atoms. The van der Waals surface area contributed by atoms with E-state index in [9.17, 15) is 14.5 Å².